The molecule has 0 aliphatic rings. The number of hydrogen-bond acceptors (Lipinski definition) is 2. The van der Waals surface area contributed by atoms with Crippen LogP contribution < -0.4 is 5.73 Å². The lowest BCUT2D eigenvalue weighted by Crippen LogP contribution is -1.94. The number of hydrogen-bond donors (Lipinski definition) is 1. The standard InChI is InChI=1S/C14H11BrClN3/c1-8-7-9(16)4-5-10(8)12-13(17)19-6-2-3-11(15)14(19)18-12/h2-7H,17H2,1H3. The summed E-state index contributed by atoms with van der Waals surface area (Å²) in [6.45, 7) is 2.00. The van der Waals surface area contributed by atoms with Crippen molar-refractivity contribution in [3.8, 4) is 11.3 Å². The summed E-state index contributed by atoms with van der Waals surface area (Å²) in [7, 11) is 0. The number of fused-ring (bicyclic) bond motifs is 1. The van der Waals surface area contributed by atoms with Crippen molar-refractivity contribution < 1.29 is 0 Å². The van der Waals surface area contributed by atoms with Crippen LogP contribution in [-0.4, -0.2) is 9.38 Å². The molecule has 0 spiro atoms. The molecule has 1 aromatic carbocycles. The van der Waals surface area contributed by atoms with Crippen molar-refractivity contribution in [2.75, 3.05) is 5.73 Å². The maximum Gasteiger partial charge on any atom is 0.153 e. The zero-order valence-corrected chi connectivity index (χ0v) is 12.5. The van der Waals surface area contributed by atoms with Gasteiger partial charge in [0.05, 0.1) is 4.47 Å². The molecule has 0 atom stereocenters. The third kappa shape index (κ3) is 2.01. The van der Waals surface area contributed by atoms with E-state index in [1.54, 1.807) is 0 Å². The Morgan fingerprint density at radius 3 is 2.79 bits per heavy atom. The van der Waals surface area contributed by atoms with Gasteiger partial charge in [0.1, 0.15) is 11.5 Å². The molecule has 2 N–H and O–H groups in total. The Bertz CT molecular complexity index is 780. The number of aromatic nitrogens is 2. The molecule has 0 saturated carbocycles. The number of rotatable bonds is 1. The van der Waals surface area contributed by atoms with Crippen LogP contribution in [0.1, 0.15) is 5.56 Å². The van der Waals surface area contributed by atoms with Gasteiger partial charge in [0.2, 0.25) is 0 Å². The normalized spacial score (nSPS) is 11.1. The molecule has 0 bridgehead atoms. The van der Waals surface area contributed by atoms with Gasteiger partial charge < -0.3 is 5.73 Å². The van der Waals surface area contributed by atoms with E-state index in [0.29, 0.717) is 10.8 Å². The predicted octanol–water partition coefficient (Wildman–Crippen LogP) is 4.31. The monoisotopic (exact) mass is 335 g/mol. The molecule has 0 unspecified atom stereocenters. The number of aryl methyl sites for hydroxylation is 1. The number of benzene rings is 1. The van der Waals surface area contributed by atoms with E-state index in [9.17, 15) is 0 Å². The topological polar surface area (TPSA) is 43.3 Å². The molecule has 0 fully saturated rings. The maximum absolute atomic E-state index is 6.19. The van der Waals surface area contributed by atoms with Crippen LogP contribution in [0, 0.1) is 6.92 Å². The number of nitrogens with two attached hydrogens (primary N) is 1. The molecule has 19 heavy (non-hydrogen) atoms. The second kappa shape index (κ2) is 4.54. The second-order valence-electron chi connectivity index (χ2n) is 4.35. The van der Waals surface area contributed by atoms with Gasteiger partial charge in [-0.1, -0.05) is 17.7 Å². The van der Waals surface area contributed by atoms with Gasteiger partial charge in [-0.2, -0.15) is 0 Å². The van der Waals surface area contributed by atoms with Crippen molar-refractivity contribution in [2.24, 2.45) is 0 Å². The number of nitrogens with zero attached hydrogens (tertiary/aromatic N) is 2. The van der Waals surface area contributed by atoms with Gasteiger partial charge >= 0.3 is 0 Å². The van der Waals surface area contributed by atoms with Crippen LogP contribution in [0.15, 0.2) is 41.0 Å². The Hall–Kier alpha value is -1.52. The maximum atomic E-state index is 6.19. The van der Waals surface area contributed by atoms with Crippen molar-refractivity contribution in [3.63, 3.8) is 0 Å². The largest absolute Gasteiger partial charge is 0.383 e. The molecule has 5 heteroatoms. The molecule has 2 aromatic heterocycles. The molecule has 0 aliphatic heterocycles. The first-order valence-corrected chi connectivity index (χ1v) is 6.93. The summed E-state index contributed by atoms with van der Waals surface area (Å²) in [6.07, 6.45) is 1.90. The number of imidazole rings is 1. The number of anilines is 1. The first-order chi connectivity index (χ1) is 9.08. The van der Waals surface area contributed by atoms with Crippen molar-refractivity contribution in [2.45, 2.75) is 6.92 Å². The van der Waals surface area contributed by atoms with Crippen LogP contribution in [0.3, 0.4) is 0 Å². The van der Waals surface area contributed by atoms with E-state index in [2.05, 4.69) is 20.9 Å². The van der Waals surface area contributed by atoms with Crippen molar-refractivity contribution >= 4 is 39.0 Å². The highest BCUT2D eigenvalue weighted by atomic mass is 79.9. The Kier molecular flexibility index (Phi) is 2.99. The smallest absolute Gasteiger partial charge is 0.153 e. The molecule has 3 nitrogen and oxygen atoms in total. The molecule has 0 radical (unpaired) electrons. The van der Waals surface area contributed by atoms with Crippen LogP contribution in [0.4, 0.5) is 5.82 Å². The molecule has 0 amide bonds. The van der Waals surface area contributed by atoms with E-state index in [-0.39, 0.29) is 0 Å². The predicted molar refractivity (Wildman–Crippen MR) is 82.5 cm³/mol. The minimum Gasteiger partial charge on any atom is -0.383 e. The van der Waals surface area contributed by atoms with Crippen LogP contribution in [0.25, 0.3) is 16.9 Å². The lowest BCUT2D eigenvalue weighted by Gasteiger charge is -2.04. The van der Waals surface area contributed by atoms with Crippen LogP contribution in [0.5, 0.6) is 0 Å². The van der Waals surface area contributed by atoms with Crippen molar-refractivity contribution in [1.29, 1.82) is 0 Å². The Labute approximate surface area is 124 Å². The highest BCUT2D eigenvalue weighted by Gasteiger charge is 2.14. The summed E-state index contributed by atoms with van der Waals surface area (Å²) < 4.78 is 2.78. The van der Waals surface area contributed by atoms with E-state index >= 15 is 0 Å². The van der Waals surface area contributed by atoms with E-state index in [4.69, 9.17) is 17.3 Å². The fraction of sp³-hybridized carbons (Fsp3) is 0.0714. The van der Waals surface area contributed by atoms with Crippen LogP contribution in [-0.2, 0) is 0 Å². The summed E-state index contributed by atoms with van der Waals surface area (Å²) in [5, 5.41) is 0.713. The van der Waals surface area contributed by atoms with Gasteiger partial charge in [0, 0.05) is 16.8 Å². The second-order valence-corrected chi connectivity index (χ2v) is 5.65. The van der Waals surface area contributed by atoms with E-state index in [0.717, 1.165) is 26.9 Å². The first-order valence-electron chi connectivity index (χ1n) is 5.76. The summed E-state index contributed by atoms with van der Waals surface area (Å²) >= 11 is 9.47. The van der Waals surface area contributed by atoms with Crippen molar-refractivity contribution in [1.82, 2.24) is 9.38 Å². The van der Waals surface area contributed by atoms with Gasteiger partial charge in [-0.05, 0) is 52.7 Å². The quantitative estimate of drug-likeness (QED) is 0.719. The summed E-state index contributed by atoms with van der Waals surface area (Å²) in [4.78, 5) is 4.62. The molecule has 3 aromatic rings. The fourth-order valence-corrected chi connectivity index (χ4v) is 2.80. The minimum atomic E-state index is 0.627. The van der Waals surface area contributed by atoms with Gasteiger partial charge in [-0.15, -0.1) is 0 Å². The van der Waals surface area contributed by atoms with Gasteiger partial charge in [0.25, 0.3) is 0 Å². The van der Waals surface area contributed by atoms with Gasteiger partial charge in [0.15, 0.2) is 5.65 Å². The number of nitrogen functional groups attached to an aromatic ring is 1. The summed E-state index contributed by atoms with van der Waals surface area (Å²) in [6, 6.07) is 9.58. The summed E-state index contributed by atoms with van der Waals surface area (Å²) in [5.74, 6) is 0.627. The average molecular weight is 337 g/mol. The zero-order valence-electron chi connectivity index (χ0n) is 10.2. The molecule has 2 heterocycles. The Morgan fingerprint density at radius 1 is 1.32 bits per heavy atom. The molecular formula is C14H11BrClN3. The SMILES string of the molecule is Cc1cc(Cl)ccc1-c1nc2c(Br)cccn2c1N. The molecule has 96 valence electrons. The van der Waals surface area contributed by atoms with Gasteiger partial charge in [-0.25, -0.2) is 4.98 Å². The molecule has 3 rings (SSSR count). The van der Waals surface area contributed by atoms with E-state index in [1.807, 2.05) is 47.9 Å². The average Bonchev–Trinajstić information content (AvgIpc) is 2.69. The van der Waals surface area contributed by atoms with Crippen molar-refractivity contribution in [3.05, 3.63) is 51.6 Å². The molecular weight excluding hydrogens is 326 g/mol. The summed E-state index contributed by atoms with van der Waals surface area (Å²) in [5.41, 5.74) is 9.83. The lowest BCUT2D eigenvalue weighted by atomic mass is 10.1. The first kappa shape index (κ1) is 12.5. The zero-order chi connectivity index (χ0) is 13.6. The van der Waals surface area contributed by atoms with Gasteiger partial charge in [-0.3, -0.25) is 4.40 Å². The minimum absolute atomic E-state index is 0.627. The Morgan fingerprint density at radius 2 is 2.11 bits per heavy atom. The highest BCUT2D eigenvalue weighted by Crippen LogP contribution is 2.32. The third-order valence-corrected chi connectivity index (χ3v) is 3.94. The van der Waals surface area contributed by atoms with Crippen LogP contribution >= 0.6 is 27.5 Å². The molecule has 0 aliphatic carbocycles. The van der Waals surface area contributed by atoms with E-state index in [1.165, 1.54) is 0 Å². The highest BCUT2D eigenvalue weighted by molar-refractivity contribution is 9.10. The fourth-order valence-electron chi connectivity index (χ4n) is 2.14. The number of halogens is 2. The Balaban J connectivity index is 2.31. The van der Waals surface area contributed by atoms with E-state index < -0.39 is 0 Å². The van der Waals surface area contributed by atoms with Crippen LogP contribution in [0.2, 0.25) is 5.02 Å². The lowest BCUT2D eigenvalue weighted by molar-refractivity contribution is 1.19. The third-order valence-electron chi connectivity index (χ3n) is 3.08. The number of pyridine rings is 1. The molecule has 0 saturated heterocycles.